The Morgan fingerprint density at radius 1 is 0.960 bits per heavy atom. The molecule has 2 aromatic carbocycles. The van der Waals surface area contributed by atoms with Crippen molar-refractivity contribution < 1.29 is 4.79 Å². The molecule has 7 heteroatoms. The zero-order valence-corrected chi connectivity index (χ0v) is 13.2. The van der Waals surface area contributed by atoms with E-state index in [4.69, 9.17) is 0 Å². The number of hydrogen-bond donors (Lipinski definition) is 1. The van der Waals surface area contributed by atoms with Crippen LogP contribution in [0.4, 0.5) is 5.69 Å². The third-order valence-electron chi connectivity index (χ3n) is 3.68. The summed E-state index contributed by atoms with van der Waals surface area (Å²) >= 11 is 0. The summed E-state index contributed by atoms with van der Waals surface area (Å²) in [6, 6.07) is 17.2. The van der Waals surface area contributed by atoms with Crippen LogP contribution < -0.4 is 5.32 Å². The average molecular weight is 330 g/mol. The van der Waals surface area contributed by atoms with Gasteiger partial charge in [0, 0.05) is 5.56 Å². The van der Waals surface area contributed by atoms with Gasteiger partial charge in [0.2, 0.25) is 5.91 Å². The molecule has 0 radical (unpaired) electrons. The fourth-order valence-corrected chi connectivity index (χ4v) is 2.50. The highest BCUT2D eigenvalue weighted by molar-refractivity contribution is 5.91. The van der Waals surface area contributed by atoms with E-state index in [1.165, 1.54) is 0 Å². The van der Waals surface area contributed by atoms with Crippen LogP contribution in [0.5, 0.6) is 0 Å². The van der Waals surface area contributed by atoms with Crippen LogP contribution in [0.1, 0.15) is 0 Å². The third-order valence-corrected chi connectivity index (χ3v) is 3.68. The molecule has 0 atom stereocenters. The van der Waals surface area contributed by atoms with Gasteiger partial charge in [-0.1, -0.05) is 47.7 Å². The standard InChI is InChI=1S/C18H14N6O/c25-17(12-24-16-9-5-4-8-15(16)22-23-24)21-14-10-19-18(20-11-14)13-6-2-1-3-7-13/h1-11H,12H2,(H,21,25). The lowest BCUT2D eigenvalue weighted by atomic mass is 10.2. The van der Waals surface area contributed by atoms with E-state index < -0.39 is 0 Å². The number of carbonyl (C=O) groups is 1. The van der Waals surface area contributed by atoms with Gasteiger partial charge in [0.05, 0.1) is 23.6 Å². The Labute approximate surface area is 143 Å². The van der Waals surface area contributed by atoms with Gasteiger partial charge in [-0.3, -0.25) is 4.79 Å². The van der Waals surface area contributed by atoms with Crippen molar-refractivity contribution in [3.63, 3.8) is 0 Å². The van der Waals surface area contributed by atoms with Crippen molar-refractivity contribution in [3.8, 4) is 11.4 Å². The predicted octanol–water partition coefficient (Wildman–Crippen LogP) is 2.53. The predicted molar refractivity (Wildman–Crippen MR) is 93.6 cm³/mol. The summed E-state index contributed by atoms with van der Waals surface area (Å²) < 4.78 is 1.56. The maximum Gasteiger partial charge on any atom is 0.246 e. The Kier molecular flexibility index (Phi) is 3.88. The molecule has 0 spiro atoms. The molecule has 1 amide bonds. The summed E-state index contributed by atoms with van der Waals surface area (Å²) in [4.78, 5) is 20.8. The number of rotatable bonds is 4. The van der Waals surface area contributed by atoms with Crippen molar-refractivity contribution in [2.24, 2.45) is 0 Å². The summed E-state index contributed by atoms with van der Waals surface area (Å²) in [6.45, 7) is 0.0704. The lowest BCUT2D eigenvalue weighted by Crippen LogP contribution is -2.19. The number of hydrogen-bond acceptors (Lipinski definition) is 5. The van der Waals surface area contributed by atoms with Gasteiger partial charge in [0.1, 0.15) is 12.1 Å². The monoisotopic (exact) mass is 330 g/mol. The molecule has 0 aliphatic heterocycles. The molecule has 0 aliphatic carbocycles. The molecule has 0 fully saturated rings. The van der Waals surface area contributed by atoms with Gasteiger partial charge in [0.25, 0.3) is 0 Å². The first kappa shape index (κ1) is 14.9. The second kappa shape index (κ2) is 6.48. The fourth-order valence-electron chi connectivity index (χ4n) is 2.50. The quantitative estimate of drug-likeness (QED) is 0.621. The van der Waals surface area contributed by atoms with E-state index in [9.17, 15) is 4.79 Å². The van der Waals surface area contributed by atoms with Crippen molar-refractivity contribution in [1.29, 1.82) is 0 Å². The largest absolute Gasteiger partial charge is 0.322 e. The van der Waals surface area contributed by atoms with Gasteiger partial charge in [-0.05, 0) is 12.1 Å². The molecule has 2 aromatic heterocycles. The molecule has 7 nitrogen and oxygen atoms in total. The average Bonchev–Trinajstić information content (AvgIpc) is 3.06. The summed E-state index contributed by atoms with van der Waals surface area (Å²) in [7, 11) is 0. The van der Waals surface area contributed by atoms with Crippen LogP contribution >= 0.6 is 0 Å². The zero-order valence-electron chi connectivity index (χ0n) is 13.2. The molecule has 0 aliphatic rings. The zero-order chi connectivity index (χ0) is 17.1. The summed E-state index contributed by atoms with van der Waals surface area (Å²) in [5, 5.41) is 10.8. The van der Waals surface area contributed by atoms with Gasteiger partial charge in [-0.2, -0.15) is 0 Å². The first-order chi connectivity index (χ1) is 12.3. The lowest BCUT2D eigenvalue weighted by molar-refractivity contribution is -0.116. The van der Waals surface area contributed by atoms with Crippen LogP contribution in [-0.4, -0.2) is 30.9 Å². The number of nitrogens with zero attached hydrogens (tertiary/aromatic N) is 5. The van der Waals surface area contributed by atoms with Gasteiger partial charge >= 0.3 is 0 Å². The minimum absolute atomic E-state index is 0.0704. The second-order valence-corrected chi connectivity index (χ2v) is 5.45. The smallest absolute Gasteiger partial charge is 0.246 e. The highest BCUT2D eigenvalue weighted by atomic mass is 16.2. The maximum atomic E-state index is 12.2. The van der Waals surface area contributed by atoms with Crippen LogP contribution in [0.2, 0.25) is 0 Å². The number of carbonyl (C=O) groups excluding carboxylic acids is 1. The summed E-state index contributed by atoms with van der Waals surface area (Å²) in [5.74, 6) is 0.396. The minimum Gasteiger partial charge on any atom is -0.322 e. The van der Waals surface area contributed by atoms with E-state index in [1.54, 1.807) is 17.1 Å². The SMILES string of the molecule is O=C(Cn1nnc2ccccc21)Nc1cnc(-c2ccccc2)nc1. The van der Waals surface area contributed by atoms with Crippen molar-refractivity contribution in [1.82, 2.24) is 25.0 Å². The van der Waals surface area contributed by atoms with E-state index >= 15 is 0 Å². The van der Waals surface area contributed by atoms with E-state index in [0.29, 0.717) is 11.5 Å². The number of benzene rings is 2. The lowest BCUT2D eigenvalue weighted by Gasteiger charge is -2.06. The number of aromatic nitrogens is 5. The molecule has 4 rings (SSSR count). The van der Waals surface area contributed by atoms with Gasteiger partial charge < -0.3 is 5.32 Å². The van der Waals surface area contributed by atoms with Gasteiger partial charge in [0.15, 0.2) is 5.82 Å². The Morgan fingerprint density at radius 2 is 1.68 bits per heavy atom. The van der Waals surface area contributed by atoms with Crippen molar-refractivity contribution in [2.45, 2.75) is 6.54 Å². The molecular weight excluding hydrogens is 316 g/mol. The molecule has 0 saturated carbocycles. The normalized spacial score (nSPS) is 10.7. The van der Waals surface area contributed by atoms with E-state index in [2.05, 4.69) is 25.6 Å². The molecule has 0 unspecified atom stereocenters. The van der Waals surface area contributed by atoms with Crippen LogP contribution in [0.3, 0.4) is 0 Å². The Hall–Kier alpha value is -3.61. The highest BCUT2D eigenvalue weighted by Crippen LogP contribution is 2.15. The molecule has 25 heavy (non-hydrogen) atoms. The Bertz CT molecular complexity index is 1010. The minimum atomic E-state index is -0.216. The number of fused-ring (bicyclic) bond motifs is 1. The molecule has 2 heterocycles. The van der Waals surface area contributed by atoms with Crippen LogP contribution in [0.15, 0.2) is 67.0 Å². The molecular formula is C18H14N6O. The number of anilines is 1. The van der Waals surface area contributed by atoms with E-state index in [0.717, 1.165) is 16.6 Å². The Morgan fingerprint density at radius 3 is 2.48 bits per heavy atom. The van der Waals surface area contributed by atoms with E-state index in [1.807, 2.05) is 54.6 Å². The Balaban J connectivity index is 1.46. The molecule has 122 valence electrons. The first-order valence-electron chi connectivity index (χ1n) is 7.75. The van der Waals surface area contributed by atoms with Crippen LogP contribution in [-0.2, 0) is 11.3 Å². The number of nitrogens with one attached hydrogen (secondary N) is 1. The second-order valence-electron chi connectivity index (χ2n) is 5.45. The maximum absolute atomic E-state index is 12.2. The number of amides is 1. The highest BCUT2D eigenvalue weighted by Gasteiger charge is 2.09. The molecule has 0 bridgehead atoms. The van der Waals surface area contributed by atoms with Gasteiger partial charge in [-0.15, -0.1) is 5.10 Å². The van der Waals surface area contributed by atoms with Crippen molar-refractivity contribution in [3.05, 3.63) is 67.0 Å². The summed E-state index contributed by atoms with van der Waals surface area (Å²) in [5.41, 5.74) is 3.03. The summed E-state index contributed by atoms with van der Waals surface area (Å²) in [6.07, 6.45) is 3.18. The molecule has 4 aromatic rings. The third kappa shape index (κ3) is 3.20. The van der Waals surface area contributed by atoms with Crippen LogP contribution in [0, 0.1) is 0 Å². The first-order valence-corrected chi connectivity index (χ1v) is 7.75. The van der Waals surface area contributed by atoms with E-state index in [-0.39, 0.29) is 12.5 Å². The van der Waals surface area contributed by atoms with Gasteiger partial charge in [-0.25, -0.2) is 14.6 Å². The molecule has 1 N–H and O–H groups in total. The topological polar surface area (TPSA) is 85.6 Å². The molecule has 0 saturated heterocycles. The fraction of sp³-hybridized carbons (Fsp3) is 0.0556. The van der Waals surface area contributed by atoms with Crippen LogP contribution in [0.25, 0.3) is 22.4 Å². The van der Waals surface area contributed by atoms with Crippen molar-refractivity contribution in [2.75, 3.05) is 5.32 Å². The number of para-hydroxylation sites is 1. The van der Waals surface area contributed by atoms with Crippen molar-refractivity contribution >= 4 is 22.6 Å².